The fourth-order valence-electron chi connectivity index (χ4n) is 2.93. The van der Waals surface area contributed by atoms with Gasteiger partial charge in [-0.05, 0) is 32.9 Å². The van der Waals surface area contributed by atoms with E-state index in [1.165, 1.54) is 32.4 Å². The van der Waals surface area contributed by atoms with Gasteiger partial charge in [0.25, 0.3) is 0 Å². The molecule has 2 N–H and O–H groups in total. The minimum Gasteiger partial charge on any atom is -0.352 e. The number of rotatable bonds is 4. The van der Waals surface area contributed by atoms with Crippen LogP contribution in [0.5, 0.6) is 0 Å². The summed E-state index contributed by atoms with van der Waals surface area (Å²) in [6.07, 6.45) is 5.65. The first-order chi connectivity index (χ1) is 7.81. The highest BCUT2D eigenvalue weighted by atomic mass is 16.1. The van der Waals surface area contributed by atoms with Gasteiger partial charge in [0.1, 0.15) is 0 Å². The van der Waals surface area contributed by atoms with Crippen LogP contribution in [0.1, 0.15) is 32.1 Å². The Labute approximate surface area is 97.8 Å². The number of carbonyl (C=O) groups is 1. The lowest BCUT2D eigenvalue weighted by atomic mass is 9.99. The average molecular weight is 225 g/mol. The van der Waals surface area contributed by atoms with E-state index < -0.39 is 0 Å². The highest BCUT2D eigenvalue weighted by molar-refractivity contribution is 5.76. The number of hydrogen-bond acceptors (Lipinski definition) is 3. The molecule has 0 spiro atoms. The summed E-state index contributed by atoms with van der Waals surface area (Å²) in [5.41, 5.74) is 0. The van der Waals surface area contributed by atoms with Crippen molar-refractivity contribution in [1.29, 1.82) is 0 Å². The fourth-order valence-corrected chi connectivity index (χ4v) is 2.93. The number of amides is 1. The Hall–Kier alpha value is -0.610. The van der Waals surface area contributed by atoms with E-state index in [0.717, 1.165) is 13.0 Å². The van der Waals surface area contributed by atoms with Gasteiger partial charge in [0.05, 0.1) is 0 Å². The quantitative estimate of drug-likeness (QED) is 0.725. The summed E-state index contributed by atoms with van der Waals surface area (Å²) in [6.45, 7) is 3.17. The lowest BCUT2D eigenvalue weighted by molar-refractivity contribution is -0.121. The third-order valence-electron chi connectivity index (χ3n) is 3.80. The van der Waals surface area contributed by atoms with E-state index in [2.05, 4.69) is 15.5 Å². The van der Waals surface area contributed by atoms with Crippen LogP contribution in [-0.2, 0) is 4.79 Å². The first-order valence-electron chi connectivity index (χ1n) is 6.49. The number of fused-ring (bicyclic) bond motifs is 1. The predicted octanol–water partition coefficient (Wildman–Crippen LogP) is 0.339. The monoisotopic (exact) mass is 225 g/mol. The van der Waals surface area contributed by atoms with Gasteiger partial charge < -0.3 is 10.6 Å². The van der Waals surface area contributed by atoms with Gasteiger partial charge in [0, 0.05) is 31.6 Å². The molecule has 2 fully saturated rings. The van der Waals surface area contributed by atoms with Crippen LogP contribution in [0.4, 0.5) is 0 Å². The largest absolute Gasteiger partial charge is 0.352 e. The molecule has 4 nitrogen and oxygen atoms in total. The van der Waals surface area contributed by atoms with E-state index >= 15 is 0 Å². The highest BCUT2D eigenvalue weighted by Crippen LogP contribution is 2.27. The Morgan fingerprint density at radius 2 is 2.19 bits per heavy atom. The summed E-state index contributed by atoms with van der Waals surface area (Å²) in [5, 5.41) is 6.20. The van der Waals surface area contributed by atoms with Crippen molar-refractivity contribution in [3.8, 4) is 0 Å². The van der Waals surface area contributed by atoms with Crippen LogP contribution in [-0.4, -0.2) is 49.6 Å². The summed E-state index contributed by atoms with van der Waals surface area (Å²) < 4.78 is 0. The molecule has 0 aromatic heterocycles. The van der Waals surface area contributed by atoms with Gasteiger partial charge in [-0.3, -0.25) is 9.69 Å². The molecule has 2 aliphatic rings. The maximum Gasteiger partial charge on any atom is 0.221 e. The fraction of sp³-hybridized carbons (Fsp3) is 0.917. The summed E-state index contributed by atoms with van der Waals surface area (Å²) in [4.78, 5) is 14.2. The molecule has 0 aliphatic carbocycles. The first-order valence-corrected chi connectivity index (χ1v) is 6.49. The van der Waals surface area contributed by atoms with E-state index in [4.69, 9.17) is 0 Å². The van der Waals surface area contributed by atoms with E-state index in [9.17, 15) is 4.79 Å². The molecule has 2 heterocycles. The molecule has 0 radical (unpaired) electrons. The minimum absolute atomic E-state index is 0.201. The van der Waals surface area contributed by atoms with Crippen molar-refractivity contribution < 1.29 is 4.79 Å². The predicted molar refractivity (Wildman–Crippen MR) is 64.3 cm³/mol. The van der Waals surface area contributed by atoms with Crippen LogP contribution in [0.3, 0.4) is 0 Å². The van der Waals surface area contributed by atoms with Gasteiger partial charge in [0.15, 0.2) is 0 Å². The molecule has 4 heteroatoms. The maximum absolute atomic E-state index is 11.7. The number of piperidine rings is 1. The van der Waals surface area contributed by atoms with Crippen molar-refractivity contribution >= 4 is 5.91 Å². The highest BCUT2D eigenvalue weighted by Gasteiger charge is 2.35. The van der Waals surface area contributed by atoms with Gasteiger partial charge in [-0.15, -0.1) is 0 Å². The molecule has 92 valence electrons. The van der Waals surface area contributed by atoms with Crippen LogP contribution in [0.15, 0.2) is 0 Å². The van der Waals surface area contributed by atoms with Crippen molar-refractivity contribution in [2.24, 2.45) is 0 Å². The number of carbonyl (C=O) groups excluding carboxylic acids is 1. The molecule has 2 saturated heterocycles. The topological polar surface area (TPSA) is 44.4 Å². The third-order valence-corrected chi connectivity index (χ3v) is 3.80. The molecule has 0 aromatic rings. The van der Waals surface area contributed by atoms with Gasteiger partial charge >= 0.3 is 0 Å². The van der Waals surface area contributed by atoms with E-state index in [0.29, 0.717) is 18.5 Å². The molecule has 16 heavy (non-hydrogen) atoms. The van der Waals surface area contributed by atoms with Crippen LogP contribution in [0, 0.1) is 0 Å². The summed E-state index contributed by atoms with van der Waals surface area (Å²) in [7, 11) is 1.88. The Morgan fingerprint density at radius 3 is 3.00 bits per heavy atom. The van der Waals surface area contributed by atoms with Gasteiger partial charge in [0.2, 0.25) is 5.91 Å². The molecular weight excluding hydrogens is 202 g/mol. The second-order valence-corrected chi connectivity index (χ2v) is 4.92. The van der Waals surface area contributed by atoms with Crippen molar-refractivity contribution in [1.82, 2.24) is 15.5 Å². The number of hydrogen-bond donors (Lipinski definition) is 2. The van der Waals surface area contributed by atoms with Gasteiger partial charge in [-0.1, -0.05) is 6.42 Å². The molecular formula is C12H23N3O. The molecule has 0 saturated carbocycles. The van der Waals surface area contributed by atoms with Crippen LogP contribution in [0.2, 0.25) is 0 Å². The van der Waals surface area contributed by atoms with Crippen LogP contribution >= 0.6 is 0 Å². The zero-order valence-electron chi connectivity index (χ0n) is 10.2. The van der Waals surface area contributed by atoms with Crippen molar-refractivity contribution in [3.05, 3.63) is 0 Å². The SMILES string of the molecule is CNCCC(=O)NC1CCN2CCCCC12. The average Bonchev–Trinajstić information content (AvgIpc) is 2.70. The van der Waals surface area contributed by atoms with E-state index in [1.807, 2.05) is 7.05 Å². The van der Waals surface area contributed by atoms with E-state index in [1.54, 1.807) is 0 Å². The van der Waals surface area contributed by atoms with Crippen LogP contribution in [0.25, 0.3) is 0 Å². The second kappa shape index (κ2) is 5.64. The van der Waals surface area contributed by atoms with Crippen LogP contribution < -0.4 is 10.6 Å². The number of nitrogens with one attached hydrogen (secondary N) is 2. The van der Waals surface area contributed by atoms with Crippen molar-refractivity contribution in [2.75, 3.05) is 26.7 Å². The first kappa shape index (κ1) is 11.9. The zero-order valence-corrected chi connectivity index (χ0v) is 10.2. The third kappa shape index (κ3) is 2.74. The van der Waals surface area contributed by atoms with Crippen molar-refractivity contribution in [3.63, 3.8) is 0 Å². The molecule has 2 rings (SSSR count). The Kier molecular flexibility index (Phi) is 4.18. The zero-order chi connectivity index (χ0) is 11.4. The standard InChI is InChI=1S/C12H23N3O/c1-13-7-5-12(16)14-10-6-9-15-8-3-2-4-11(10)15/h10-11,13H,2-9H2,1H3,(H,14,16). The Bertz CT molecular complexity index is 244. The smallest absolute Gasteiger partial charge is 0.221 e. The van der Waals surface area contributed by atoms with Gasteiger partial charge in [-0.2, -0.15) is 0 Å². The lowest BCUT2D eigenvalue weighted by Gasteiger charge is -2.32. The molecule has 2 atom stereocenters. The molecule has 1 amide bonds. The normalized spacial score (nSPS) is 30.1. The summed E-state index contributed by atoms with van der Waals surface area (Å²) in [5.74, 6) is 0.201. The lowest BCUT2D eigenvalue weighted by Crippen LogP contribution is -2.47. The maximum atomic E-state index is 11.7. The molecule has 2 unspecified atom stereocenters. The Balaban J connectivity index is 1.79. The summed E-state index contributed by atoms with van der Waals surface area (Å²) in [6, 6.07) is 1.02. The number of nitrogens with zero attached hydrogens (tertiary/aromatic N) is 1. The molecule has 0 bridgehead atoms. The summed E-state index contributed by atoms with van der Waals surface area (Å²) >= 11 is 0. The van der Waals surface area contributed by atoms with Crippen molar-refractivity contribution in [2.45, 2.75) is 44.2 Å². The minimum atomic E-state index is 0.201. The van der Waals surface area contributed by atoms with Gasteiger partial charge in [-0.25, -0.2) is 0 Å². The van der Waals surface area contributed by atoms with E-state index in [-0.39, 0.29) is 5.91 Å². The molecule has 2 aliphatic heterocycles. The second-order valence-electron chi connectivity index (χ2n) is 4.92. The Morgan fingerprint density at radius 1 is 1.31 bits per heavy atom. The molecule has 0 aromatic carbocycles.